The van der Waals surface area contributed by atoms with Crippen LogP contribution in [0.4, 0.5) is 10.0 Å². The van der Waals surface area contributed by atoms with E-state index in [1.807, 2.05) is 62.4 Å². The Hall–Kier alpha value is -3.76. The van der Waals surface area contributed by atoms with Gasteiger partial charge in [0.25, 0.3) is 0 Å². The first-order valence-corrected chi connectivity index (χ1v) is 15.5. The van der Waals surface area contributed by atoms with Crippen molar-refractivity contribution in [3.8, 4) is 0 Å². The number of thiophene rings is 2. The SMILES string of the molecule is CCCCOC(=O)c1c(NC(=O)CCCC(=O)Nc2sc3ccccc3c2C(=O)OCCCC)sc2ccccc12. The smallest absolute Gasteiger partial charge is 0.341 e. The molecule has 0 saturated heterocycles. The van der Waals surface area contributed by atoms with E-state index in [1.54, 1.807) is 0 Å². The van der Waals surface area contributed by atoms with Crippen molar-refractivity contribution in [2.75, 3.05) is 23.8 Å². The maximum atomic E-state index is 12.8. The van der Waals surface area contributed by atoms with Crippen LogP contribution in [0.3, 0.4) is 0 Å². The van der Waals surface area contributed by atoms with Crippen LogP contribution in [0.15, 0.2) is 48.5 Å². The van der Waals surface area contributed by atoms with Crippen molar-refractivity contribution in [3.63, 3.8) is 0 Å². The number of esters is 2. The number of rotatable bonds is 14. The maximum Gasteiger partial charge on any atom is 0.341 e. The van der Waals surface area contributed by atoms with E-state index in [1.165, 1.54) is 22.7 Å². The van der Waals surface area contributed by atoms with Gasteiger partial charge >= 0.3 is 11.9 Å². The molecule has 216 valence electrons. The summed E-state index contributed by atoms with van der Waals surface area (Å²) in [5.41, 5.74) is 0.715. The summed E-state index contributed by atoms with van der Waals surface area (Å²) in [5, 5.41) is 8.06. The fraction of sp³-hybridized carbons (Fsp3) is 0.355. The number of fused-ring (bicyclic) bond motifs is 2. The zero-order chi connectivity index (χ0) is 29.2. The first kappa shape index (κ1) is 30.2. The molecular formula is C31H34N2O6S2. The Morgan fingerprint density at radius 2 is 1.05 bits per heavy atom. The highest BCUT2D eigenvalue weighted by molar-refractivity contribution is 7.24. The van der Waals surface area contributed by atoms with E-state index >= 15 is 0 Å². The van der Waals surface area contributed by atoms with Crippen molar-refractivity contribution in [1.29, 1.82) is 0 Å². The van der Waals surface area contributed by atoms with Crippen LogP contribution in [0.25, 0.3) is 20.2 Å². The fourth-order valence-corrected chi connectivity index (χ4v) is 6.44. The second-order valence-corrected chi connectivity index (χ2v) is 11.6. The number of nitrogens with one attached hydrogen (secondary N) is 2. The van der Waals surface area contributed by atoms with E-state index in [9.17, 15) is 19.2 Å². The highest BCUT2D eigenvalue weighted by atomic mass is 32.1. The molecule has 4 rings (SSSR count). The Morgan fingerprint density at radius 3 is 1.46 bits per heavy atom. The van der Waals surface area contributed by atoms with Gasteiger partial charge in [-0.3, -0.25) is 9.59 Å². The molecule has 2 aromatic carbocycles. The minimum Gasteiger partial charge on any atom is -0.462 e. The quantitative estimate of drug-likeness (QED) is 0.114. The molecule has 8 nitrogen and oxygen atoms in total. The van der Waals surface area contributed by atoms with E-state index in [-0.39, 0.29) is 24.7 Å². The number of anilines is 2. The molecule has 4 aromatic rings. The summed E-state index contributed by atoms with van der Waals surface area (Å²) in [5.74, 6) is -1.51. The Labute approximate surface area is 247 Å². The second kappa shape index (κ2) is 14.7. The molecule has 0 spiro atoms. The molecule has 0 bridgehead atoms. The molecule has 0 saturated carbocycles. The number of amides is 2. The molecule has 2 aromatic heterocycles. The Kier molecular flexibility index (Phi) is 10.9. The van der Waals surface area contributed by atoms with E-state index < -0.39 is 11.9 Å². The average Bonchev–Trinajstić information content (AvgIpc) is 3.50. The lowest BCUT2D eigenvalue weighted by atomic mass is 10.1. The number of benzene rings is 2. The van der Waals surface area contributed by atoms with Gasteiger partial charge in [0.2, 0.25) is 11.8 Å². The fourth-order valence-electron chi connectivity index (χ4n) is 4.22. The van der Waals surface area contributed by atoms with Crippen LogP contribution < -0.4 is 10.6 Å². The van der Waals surface area contributed by atoms with Crippen LogP contribution in [0.1, 0.15) is 79.5 Å². The van der Waals surface area contributed by atoms with Crippen molar-refractivity contribution in [1.82, 2.24) is 0 Å². The molecule has 0 radical (unpaired) electrons. The first-order valence-electron chi connectivity index (χ1n) is 13.9. The topological polar surface area (TPSA) is 111 Å². The molecule has 0 fully saturated rings. The van der Waals surface area contributed by atoms with Gasteiger partial charge < -0.3 is 20.1 Å². The first-order chi connectivity index (χ1) is 19.9. The summed E-state index contributed by atoms with van der Waals surface area (Å²) in [7, 11) is 0. The maximum absolute atomic E-state index is 12.8. The molecule has 0 unspecified atom stereocenters. The average molecular weight is 595 g/mol. The summed E-state index contributed by atoms with van der Waals surface area (Å²) in [4.78, 5) is 51.3. The van der Waals surface area contributed by atoms with Gasteiger partial charge in [-0.25, -0.2) is 9.59 Å². The summed E-state index contributed by atoms with van der Waals surface area (Å²) >= 11 is 2.64. The van der Waals surface area contributed by atoms with Gasteiger partial charge in [0.1, 0.15) is 21.1 Å². The summed E-state index contributed by atoms with van der Waals surface area (Å²) in [6.07, 6.45) is 3.81. The van der Waals surface area contributed by atoms with E-state index in [4.69, 9.17) is 9.47 Å². The minimum atomic E-state index is -0.460. The van der Waals surface area contributed by atoms with Crippen LogP contribution in [-0.4, -0.2) is 37.0 Å². The summed E-state index contributed by atoms with van der Waals surface area (Å²) in [6.45, 7) is 4.67. The monoisotopic (exact) mass is 594 g/mol. The molecule has 0 aliphatic rings. The number of hydrogen-bond donors (Lipinski definition) is 2. The van der Waals surface area contributed by atoms with Crippen molar-refractivity contribution >= 4 is 76.6 Å². The standard InChI is InChI=1S/C31H34N2O6S2/c1-3-5-18-38-30(36)26-20-12-7-9-14-22(20)40-28(26)32-24(34)16-11-17-25(35)33-29-27(31(37)39-19-6-4-2)21-13-8-10-15-23(21)41-29/h7-10,12-15H,3-6,11,16-19H2,1-2H3,(H,32,34)(H,33,35). The molecule has 0 atom stereocenters. The summed E-state index contributed by atoms with van der Waals surface area (Å²) in [6, 6.07) is 14.9. The number of ether oxygens (including phenoxy) is 2. The lowest BCUT2D eigenvalue weighted by Crippen LogP contribution is -2.17. The number of unbranched alkanes of at least 4 members (excludes halogenated alkanes) is 2. The lowest BCUT2D eigenvalue weighted by Gasteiger charge is -2.09. The molecule has 0 aliphatic heterocycles. The van der Waals surface area contributed by atoms with E-state index in [0.29, 0.717) is 40.8 Å². The van der Waals surface area contributed by atoms with Gasteiger partial charge in [-0.15, -0.1) is 22.7 Å². The van der Waals surface area contributed by atoms with Crippen molar-refractivity contribution in [2.45, 2.75) is 58.8 Å². The third kappa shape index (κ3) is 7.71. The molecular weight excluding hydrogens is 560 g/mol. The predicted molar refractivity (Wildman–Crippen MR) is 165 cm³/mol. The highest BCUT2D eigenvalue weighted by Crippen LogP contribution is 2.37. The van der Waals surface area contributed by atoms with Crippen LogP contribution >= 0.6 is 22.7 Å². The van der Waals surface area contributed by atoms with Crippen molar-refractivity contribution in [3.05, 3.63) is 59.7 Å². The highest BCUT2D eigenvalue weighted by Gasteiger charge is 2.23. The molecule has 10 heteroatoms. The summed E-state index contributed by atoms with van der Waals surface area (Å²) < 4.78 is 12.6. The third-order valence-corrected chi connectivity index (χ3v) is 8.55. The Balaban J connectivity index is 1.37. The van der Waals surface area contributed by atoms with Gasteiger partial charge in [-0.05, 0) is 31.4 Å². The molecule has 2 N–H and O–H groups in total. The molecule has 2 amide bonds. The van der Waals surface area contributed by atoms with E-state index in [2.05, 4.69) is 10.6 Å². The van der Waals surface area contributed by atoms with Gasteiger partial charge in [0, 0.05) is 33.0 Å². The van der Waals surface area contributed by atoms with Crippen LogP contribution in [0.2, 0.25) is 0 Å². The van der Waals surface area contributed by atoms with E-state index in [0.717, 1.165) is 45.9 Å². The number of carbonyl (C=O) groups is 4. The number of carbonyl (C=O) groups excluding carboxylic acids is 4. The van der Waals surface area contributed by atoms with Gasteiger partial charge in [-0.1, -0.05) is 63.1 Å². The van der Waals surface area contributed by atoms with Crippen LogP contribution in [-0.2, 0) is 19.1 Å². The molecule has 2 heterocycles. The zero-order valence-electron chi connectivity index (χ0n) is 23.2. The number of hydrogen-bond acceptors (Lipinski definition) is 8. The van der Waals surface area contributed by atoms with Crippen LogP contribution in [0, 0.1) is 0 Å². The van der Waals surface area contributed by atoms with Gasteiger partial charge in [0.15, 0.2) is 0 Å². The molecule has 41 heavy (non-hydrogen) atoms. The Morgan fingerprint density at radius 1 is 0.634 bits per heavy atom. The van der Waals surface area contributed by atoms with Crippen molar-refractivity contribution < 1.29 is 28.7 Å². The third-order valence-electron chi connectivity index (χ3n) is 6.37. The minimum absolute atomic E-state index is 0.0876. The Bertz CT molecular complexity index is 1430. The van der Waals surface area contributed by atoms with Gasteiger partial charge in [-0.2, -0.15) is 0 Å². The van der Waals surface area contributed by atoms with Gasteiger partial charge in [0.05, 0.1) is 13.2 Å². The molecule has 0 aliphatic carbocycles. The second-order valence-electron chi connectivity index (χ2n) is 9.53. The zero-order valence-corrected chi connectivity index (χ0v) is 24.9. The normalized spacial score (nSPS) is 11.0. The predicted octanol–water partition coefficient (Wildman–Crippen LogP) is 7.78. The largest absolute Gasteiger partial charge is 0.462 e. The van der Waals surface area contributed by atoms with Crippen LogP contribution in [0.5, 0.6) is 0 Å². The van der Waals surface area contributed by atoms with Crippen molar-refractivity contribution in [2.24, 2.45) is 0 Å². The lowest BCUT2D eigenvalue weighted by molar-refractivity contribution is -0.117.